The lowest BCUT2D eigenvalue weighted by molar-refractivity contribution is -0.128. The normalized spacial score (nSPS) is 17.5. The summed E-state index contributed by atoms with van der Waals surface area (Å²) in [6, 6.07) is 9.20. The van der Waals surface area contributed by atoms with Crippen LogP contribution in [-0.4, -0.2) is 26.0 Å². The van der Waals surface area contributed by atoms with Gasteiger partial charge in [0.05, 0.1) is 11.6 Å². The molecule has 0 saturated carbocycles. The van der Waals surface area contributed by atoms with E-state index in [1.165, 1.54) is 0 Å². The zero-order valence-corrected chi connectivity index (χ0v) is 11.4. The van der Waals surface area contributed by atoms with Crippen LogP contribution in [-0.2, 0) is 4.79 Å². The van der Waals surface area contributed by atoms with Crippen LogP contribution in [0.3, 0.4) is 0 Å². The molecule has 1 heterocycles. The van der Waals surface area contributed by atoms with Crippen LogP contribution in [0.1, 0.15) is 25.3 Å². The molecule has 1 fully saturated rings. The zero-order chi connectivity index (χ0) is 13.9. The number of hydrogen-bond acceptors (Lipinski definition) is 3. The molecular formula is C15H19N3O. The van der Waals surface area contributed by atoms with E-state index >= 15 is 0 Å². The van der Waals surface area contributed by atoms with Crippen LogP contribution in [0.25, 0.3) is 0 Å². The standard InChI is InChI=1S/C15H19N3O/c1-15(7-9-17-10-8-15)14(19)18(2)13-5-3-12(11-16)4-6-13/h3-6,17H,7-10H2,1-2H3. The number of amides is 1. The first-order valence-electron chi connectivity index (χ1n) is 6.56. The van der Waals surface area contributed by atoms with Crippen molar-refractivity contribution in [1.29, 1.82) is 5.26 Å². The van der Waals surface area contributed by atoms with E-state index in [1.54, 1.807) is 24.1 Å². The van der Waals surface area contributed by atoms with Crippen molar-refractivity contribution in [2.75, 3.05) is 25.0 Å². The van der Waals surface area contributed by atoms with Crippen molar-refractivity contribution in [1.82, 2.24) is 5.32 Å². The molecule has 1 aliphatic heterocycles. The molecule has 1 N–H and O–H groups in total. The lowest BCUT2D eigenvalue weighted by Crippen LogP contribution is -2.46. The summed E-state index contributed by atoms with van der Waals surface area (Å²) in [6.45, 7) is 3.82. The van der Waals surface area contributed by atoms with Gasteiger partial charge in [0, 0.05) is 18.2 Å². The summed E-state index contributed by atoms with van der Waals surface area (Å²) in [5, 5.41) is 12.1. The number of nitrogens with zero attached hydrogens (tertiary/aromatic N) is 2. The summed E-state index contributed by atoms with van der Waals surface area (Å²) < 4.78 is 0. The molecule has 4 heteroatoms. The highest BCUT2D eigenvalue weighted by atomic mass is 16.2. The molecule has 0 radical (unpaired) electrons. The fraction of sp³-hybridized carbons (Fsp3) is 0.467. The SMILES string of the molecule is CN(C(=O)C1(C)CCNCC1)c1ccc(C#N)cc1. The summed E-state index contributed by atoms with van der Waals surface area (Å²) >= 11 is 0. The highest BCUT2D eigenvalue weighted by Crippen LogP contribution is 2.31. The van der Waals surface area contributed by atoms with Crippen molar-refractivity contribution in [3.8, 4) is 6.07 Å². The Hall–Kier alpha value is -1.86. The van der Waals surface area contributed by atoms with Gasteiger partial charge < -0.3 is 10.2 Å². The van der Waals surface area contributed by atoms with Gasteiger partial charge in [-0.1, -0.05) is 6.92 Å². The molecule has 100 valence electrons. The third kappa shape index (κ3) is 2.77. The Kier molecular flexibility index (Phi) is 3.87. The number of carbonyl (C=O) groups excluding carboxylic acids is 1. The quantitative estimate of drug-likeness (QED) is 0.880. The van der Waals surface area contributed by atoms with Gasteiger partial charge in [-0.2, -0.15) is 5.26 Å². The molecular weight excluding hydrogens is 238 g/mol. The summed E-state index contributed by atoms with van der Waals surface area (Å²) in [6.07, 6.45) is 1.74. The molecule has 1 saturated heterocycles. The Morgan fingerprint density at radius 2 is 1.89 bits per heavy atom. The van der Waals surface area contributed by atoms with Gasteiger partial charge in [-0.05, 0) is 50.2 Å². The number of rotatable bonds is 2. The lowest BCUT2D eigenvalue weighted by atomic mass is 9.79. The van der Waals surface area contributed by atoms with Gasteiger partial charge in [0.25, 0.3) is 0 Å². The van der Waals surface area contributed by atoms with E-state index in [2.05, 4.69) is 11.4 Å². The predicted octanol–water partition coefficient (Wildman–Crippen LogP) is 1.91. The average Bonchev–Trinajstić information content (AvgIpc) is 2.46. The minimum atomic E-state index is -0.284. The Morgan fingerprint density at radius 3 is 2.42 bits per heavy atom. The van der Waals surface area contributed by atoms with Crippen molar-refractivity contribution >= 4 is 11.6 Å². The monoisotopic (exact) mass is 257 g/mol. The molecule has 0 spiro atoms. The Morgan fingerprint density at radius 1 is 1.32 bits per heavy atom. The van der Waals surface area contributed by atoms with Crippen molar-refractivity contribution in [2.24, 2.45) is 5.41 Å². The Labute approximate surface area is 114 Å². The first-order chi connectivity index (χ1) is 9.07. The van der Waals surface area contributed by atoms with Crippen molar-refractivity contribution in [2.45, 2.75) is 19.8 Å². The third-order valence-corrected chi connectivity index (χ3v) is 3.91. The maximum atomic E-state index is 12.6. The Balaban J connectivity index is 2.16. The number of anilines is 1. The van der Waals surface area contributed by atoms with E-state index in [1.807, 2.05) is 19.1 Å². The molecule has 0 bridgehead atoms. The molecule has 0 aromatic heterocycles. The summed E-state index contributed by atoms with van der Waals surface area (Å²) in [4.78, 5) is 14.3. The van der Waals surface area contributed by atoms with Crippen LogP contribution < -0.4 is 10.2 Å². The van der Waals surface area contributed by atoms with Gasteiger partial charge in [0.15, 0.2) is 0 Å². The highest BCUT2D eigenvalue weighted by molar-refractivity contribution is 5.97. The smallest absolute Gasteiger partial charge is 0.232 e. The molecule has 1 aromatic rings. The second-order valence-corrected chi connectivity index (χ2v) is 5.33. The highest BCUT2D eigenvalue weighted by Gasteiger charge is 2.36. The fourth-order valence-electron chi connectivity index (χ4n) is 2.47. The fourth-order valence-corrected chi connectivity index (χ4v) is 2.47. The lowest BCUT2D eigenvalue weighted by Gasteiger charge is -2.36. The molecule has 0 atom stereocenters. The van der Waals surface area contributed by atoms with E-state index in [4.69, 9.17) is 5.26 Å². The van der Waals surface area contributed by atoms with Crippen molar-refractivity contribution in [3.63, 3.8) is 0 Å². The molecule has 0 aliphatic carbocycles. The Bertz CT molecular complexity index is 495. The van der Waals surface area contributed by atoms with Gasteiger partial charge >= 0.3 is 0 Å². The van der Waals surface area contributed by atoms with E-state index in [-0.39, 0.29) is 11.3 Å². The van der Waals surface area contributed by atoms with E-state index in [0.717, 1.165) is 31.6 Å². The number of nitriles is 1. The van der Waals surface area contributed by atoms with Crippen LogP contribution >= 0.6 is 0 Å². The van der Waals surface area contributed by atoms with Gasteiger partial charge in [-0.15, -0.1) is 0 Å². The van der Waals surface area contributed by atoms with Crippen molar-refractivity contribution in [3.05, 3.63) is 29.8 Å². The zero-order valence-electron chi connectivity index (χ0n) is 11.4. The molecule has 1 aliphatic rings. The second-order valence-electron chi connectivity index (χ2n) is 5.33. The van der Waals surface area contributed by atoms with Gasteiger partial charge in [0.2, 0.25) is 5.91 Å². The molecule has 0 unspecified atom stereocenters. The van der Waals surface area contributed by atoms with Gasteiger partial charge in [-0.25, -0.2) is 0 Å². The van der Waals surface area contributed by atoms with Gasteiger partial charge in [0.1, 0.15) is 0 Å². The number of benzene rings is 1. The maximum absolute atomic E-state index is 12.6. The molecule has 2 rings (SSSR count). The summed E-state index contributed by atoms with van der Waals surface area (Å²) in [5.74, 6) is 0.152. The molecule has 1 amide bonds. The maximum Gasteiger partial charge on any atom is 0.232 e. The van der Waals surface area contributed by atoms with Crippen LogP contribution in [0, 0.1) is 16.7 Å². The summed E-state index contributed by atoms with van der Waals surface area (Å²) in [7, 11) is 1.80. The van der Waals surface area contributed by atoms with Crippen molar-refractivity contribution < 1.29 is 4.79 Å². The number of hydrogen-bond donors (Lipinski definition) is 1. The molecule has 19 heavy (non-hydrogen) atoms. The number of piperidine rings is 1. The topological polar surface area (TPSA) is 56.1 Å². The van der Waals surface area contributed by atoms with Crippen LogP contribution in [0.2, 0.25) is 0 Å². The van der Waals surface area contributed by atoms with Crippen LogP contribution in [0.5, 0.6) is 0 Å². The van der Waals surface area contributed by atoms with Gasteiger partial charge in [-0.3, -0.25) is 4.79 Å². The minimum Gasteiger partial charge on any atom is -0.317 e. The minimum absolute atomic E-state index is 0.152. The third-order valence-electron chi connectivity index (χ3n) is 3.91. The van der Waals surface area contributed by atoms with E-state index < -0.39 is 0 Å². The first kappa shape index (κ1) is 13.6. The number of carbonyl (C=O) groups is 1. The summed E-state index contributed by atoms with van der Waals surface area (Å²) in [5.41, 5.74) is 1.16. The first-order valence-corrected chi connectivity index (χ1v) is 6.56. The average molecular weight is 257 g/mol. The van der Waals surface area contributed by atoms with Crippen LogP contribution in [0.4, 0.5) is 5.69 Å². The van der Waals surface area contributed by atoms with E-state index in [9.17, 15) is 4.79 Å². The van der Waals surface area contributed by atoms with E-state index in [0.29, 0.717) is 5.56 Å². The second kappa shape index (κ2) is 5.41. The number of nitrogens with one attached hydrogen (secondary N) is 1. The molecule has 4 nitrogen and oxygen atoms in total. The largest absolute Gasteiger partial charge is 0.317 e. The molecule has 1 aromatic carbocycles. The van der Waals surface area contributed by atoms with Crippen LogP contribution in [0.15, 0.2) is 24.3 Å². The predicted molar refractivity (Wildman–Crippen MR) is 74.8 cm³/mol.